The molecule has 0 spiro atoms. The molecule has 0 aromatic rings. The number of amides is 1. The summed E-state index contributed by atoms with van der Waals surface area (Å²) in [4.78, 5) is 88.1. The number of ether oxygens (including phenoxy) is 6. The number of nitrogens with zero attached hydrogens (tertiary/aromatic N) is 2. The van der Waals surface area contributed by atoms with Gasteiger partial charge in [-0.25, -0.2) is 4.79 Å². The van der Waals surface area contributed by atoms with Crippen molar-refractivity contribution in [1.82, 2.24) is 9.80 Å². The van der Waals surface area contributed by atoms with Crippen LogP contribution in [0.15, 0.2) is 47.6 Å². The van der Waals surface area contributed by atoms with E-state index < -0.39 is 89.8 Å². The zero-order valence-corrected chi connectivity index (χ0v) is 47.9. The van der Waals surface area contributed by atoms with Crippen molar-refractivity contribution in [3.05, 3.63) is 47.6 Å². The van der Waals surface area contributed by atoms with Crippen molar-refractivity contribution in [2.45, 2.75) is 199 Å². The molecule has 3 saturated heterocycles. The van der Waals surface area contributed by atoms with Gasteiger partial charge in [0.15, 0.2) is 5.78 Å². The number of likely N-dealkylation sites (tertiary alicyclic amines) is 1. The number of rotatable bonds is 11. The Hall–Kier alpha value is -3.94. The fourth-order valence-electron chi connectivity index (χ4n) is 12.2. The first-order chi connectivity index (χ1) is 36.6. The van der Waals surface area contributed by atoms with Crippen molar-refractivity contribution in [1.29, 1.82) is 0 Å². The van der Waals surface area contributed by atoms with Crippen molar-refractivity contribution in [2.75, 3.05) is 54.1 Å². The van der Waals surface area contributed by atoms with Crippen LogP contribution in [0, 0.1) is 41.4 Å². The first kappa shape index (κ1) is 63.9. The highest BCUT2D eigenvalue weighted by Crippen LogP contribution is 2.38. The van der Waals surface area contributed by atoms with E-state index in [1.807, 2.05) is 58.1 Å². The van der Waals surface area contributed by atoms with Gasteiger partial charge >= 0.3 is 11.9 Å². The third-order valence-electron chi connectivity index (χ3n) is 17.3. The van der Waals surface area contributed by atoms with Crippen molar-refractivity contribution in [2.24, 2.45) is 41.4 Å². The Morgan fingerprint density at radius 2 is 1.55 bits per heavy atom. The van der Waals surface area contributed by atoms with E-state index in [-0.39, 0.29) is 68.0 Å². The van der Waals surface area contributed by atoms with Crippen molar-refractivity contribution >= 4 is 35.2 Å². The molecule has 1 aliphatic carbocycles. The number of hydrogen-bond donors (Lipinski definition) is 3. The minimum absolute atomic E-state index is 0.00316. The molecule has 77 heavy (non-hydrogen) atoms. The smallest absolute Gasteiger partial charge is 0.329 e. The normalized spacial score (nSPS) is 37.6. The van der Waals surface area contributed by atoms with Gasteiger partial charge in [-0.2, -0.15) is 0 Å². The summed E-state index contributed by atoms with van der Waals surface area (Å²) >= 11 is 0. The van der Waals surface area contributed by atoms with E-state index in [1.54, 1.807) is 41.1 Å². The van der Waals surface area contributed by atoms with E-state index in [0.717, 1.165) is 37.9 Å². The van der Waals surface area contributed by atoms with Gasteiger partial charge in [-0.05, 0) is 145 Å². The Balaban J connectivity index is 1.40. The molecular formula is C60H94N2O15. The van der Waals surface area contributed by atoms with Crippen LogP contribution >= 0.6 is 0 Å². The highest BCUT2D eigenvalue weighted by atomic mass is 16.6. The lowest BCUT2D eigenvalue weighted by atomic mass is 9.78. The van der Waals surface area contributed by atoms with E-state index in [4.69, 9.17) is 28.4 Å². The van der Waals surface area contributed by atoms with Gasteiger partial charge in [-0.15, -0.1) is 0 Å². The predicted octanol–water partition coefficient (Wildman–Crippen LogP) is 6.83. The number of methoxy groups -OCH3 is 3. The van der Waals surface area contributed by atoms with Crippen LogP contribution in [0.2, 0.25) is 0 Å². The fraction of sp³-hybridized carbons (Fsp3) is 0.767. The number of cyclic esters (lactones) is 1. The SMILES string of the molecule is CO[C@H]1C[C@@H]2CC[C@@H](C)[C@@](O)(O2)C(=O)C(=O)N2CCCC[C@H]2C(=O)O[C@H]([C@H](C)C[C@@H]2CC[C@@H](OC(=O)CN3CCC(CCO)CC3)[C@H](OC)C2)CC(=O)[C@H](C)/C=C(\C)[C@@H](O)[C@@H](OC)C(=O)[C@H](C)C[C@H](C)/C=C/C=C/C=C/1C. The van der Waals surface area contributed by atoms with Gasteiger partial charge in [0.25, 0.3) is 11.7 Å². The van der Waals surface area contributed by atoms with Gasteiger partial charge in [0.2, 0.25) is 5.79 Å². The Kier molecular flexibility index (Phi) is 25.4. The summed E-state index contributed by atoms with van der Waals surface area (Å²) in [6.45, 7) is 14.6. The molecule has 4 heterocycles. The summed E-state index contributed by atoms with van der Waals surface area (Å²) in [5.74, 6) is -8.13. The molecule has 15 atom stereocenters. The molecule has 4 aliphatic heterocycles. The number of ketones is 3. The molecule has 4 fully saturated rings. The largest absolute Gasteiger partial charge is 0.460 e. The maximum atomic E-state index is 14.6. The summed E-state index contributed by atoms with van der Waals surface area (Å²) in [5.41, 5.74) is 1.24. The molecule has 5 aliphatic rings. The number of aliphatic hydroxyl groups excluding tert-OH is 2. The number of hydrogen-bond acceptors (Lipinski definition) is 16. The zero-order valence-electron chi connectivity index (χ0n) is 47.9. The average Bonchev–Trinajstić information content (AvgIpc) is 3.41. The second kappa shape index (κ2) is 30.6. The summed E-state index contributed by atoms with van der Waals surface area (Å²) in [6.07, 6.45) is 13.5. The summed E-state index contributed by atoms with van der Waals surface area (Å²) in [6, 6.07) is -1.17. The van der Waals surface area contributed by atoms with Gasteiger partial charge in [0.05, 0.1) is 24.9 Å². The van der Waals surface area contributed by atoms with Crippen LogP contribution in [-0.2, 0) is 57.2 Å². The first-order valence-corrected chi connectivity index (χ1v) is 28.7. The van der Waals surface area contributed by atoms with Gasteiger partial charge in [0.1, 0.15) is 36.2 Å². The first-order valence-electron chi connectivity index (χ1n) is 28.7. The molecular weight excluding hydrogens is 989 g/mol. The van der Waals surface area contributed by atoms with Crippen LogP contribution in [0.4, 0.5) is 0 Å². The van der Waals surface area contributed by atoms with Crippen LogP contribution in [0.3, 0.4) is 0 Å². The number of esters is 2. The molecule has 1 amide bonds. The standard InChI is InChI=1S/C60H94N2O15/c1-37-16-12-11-13-17-38(2)50(72-8)34-46-21-19-43(7)60(71,77-46)57(68)58(69)62-26-15-14-18-47(62)59(70)76-51(35-48(64)39(3)31-42(6)55(67)56(74-10)54(66)41(5)30-37)40(4)32-45-20-22-49(52(33-45)73-9)75-53(65)36-61-27-23-44(24-28-61)25-29-63/h11-13,16-17,31,37,39-41,43-47,49-52,55-56,63,67,71H,14-15,18-30,32-36H2,1-10H3/b13-11+,16-12+,38-17+,42-31+/t37-,39-,40-,41-,43-,45+,46+,47+,49-,50+,51+,52-,55-,56+,60-/m1/s1. The van der Waals surface area contributed by atoms with E-state index in [1.165, 1.54) is 12.0 Å². The molecule has 0 radical (unpaired) electrons. The van der Waals surface area contributed by atoms with E-state index >= 15 is 0 Å². The van der Waals surface area contributed by atoms with Gasteiger partial charge in [-0.3, -0.25) is 28.9 Å². The van der Waals surface area contributed by atoms with Gasteiger partial charge in [-0.1, -0.05) is 71.1 Å². The van der Waals surface area contributed by atoms with Crippen LogP contribution in [-0.4, -0.2) is 169 Å². The van der Waals surface area contributed by atoms with Crippen LogP contribution in [0.1, 0.15) is 145 Å². The topological polar surface area (TPSA) is 225 Å². The Bertz CT molecular complexity index is 2100. The number of aliphatic hydroxyl groups is 3. The molecule has 0 aromatic heterocycles. The number of allylic oxidation sites excluding steroid dienone is 6. The summed E-state index contributed by atoms with van der Waals surface area (Å²) in [5, 5.41) is 33.0. The fourth-order valence-corrected chi connectivity index (χ4v) is 12.2. The lowest BCUT2D eigenvalue weighted by Crippen LogP contribution is -2.61. The van der Waals surface area contributed by atoms with Gasteiger partial charge in [0, 0.05) is 65.1 Å². The summed E-state index contributed by atoms with van der Waals surface area (Å²) in [7, 11) is 4.55. The number of fused-ring (bicyclic) bond motifs is 3. The van der Waals surface area contributed by atoms with Crippen molar-refractivity contribution in [3.8, 4) is 0 Å². The predicted molar refractivity (Wildman–Crippen MR) is 290 cm³/mol. The maximum Gasteiger partial charge on any atom is 0.329 e. The molecule has 2 bridgehead atoms. The number of carbonyl (C=O) groups excluding carboxylic acids is 6. The van der Waals surface area contributed by atoms with Crippen molar-refractivity contribution < 1.29 is 72.5 Å². The van der Waals surface area contributed by atoms with Crippen LogP contribution in [0.5, 0.6) is 0 Å². The second-order valence-corrected chi connectivity index (χ2v) is 23.3. The minimum Gasteiger partial charge on any atom is -0.460 e. The van der Waals surface area contributed by atoms with Crippen LogP contribution in [0.25, 0.3) is 0 Å². The third-order valence-corrected chi connectivity index (χ3v) is 17.3. The molecule has 17 heteroatoms. The number of piperidine rings is 2. The Morgan fingerprint density at radius 1 is 0.818 bits per heavy atom. The zero-order chi connectivity index (χ0) is 56.6. The molecule has 17 nitrogen and oxygen atoms in total. The Morgan fingerprint density at radius 3 is 2.22 bits per heavy atom. The highest BCUT2D eigenvalue weighted by Gasteiger charge is 2.53. The monoisotopic (exact) mass is 1080 g/mol. The molecule has 5 rings (SSSR count). The van der Waals surface area contributed by atoms with E-state index in [9.17, 15) is 44.1 Å². The number of carbonyl (C=O) groups is 6. The molecule has 0 aromatic carbocycles. The lowest BCUT2D eigenvalue weighted by Gasteiger charge is -2.42. The molecule has 1 saturated carbocycles. The maximum absolute atomic E-state index is 14.6. The third kappa shape index (κ3) is 17.8. The number of Topliss-reactive ketones (excluding diaryl/α,β-unsaturated/α-hetero) is 3. The molecule has 3 N–H and O–H groups in total. The quantitative estimate of drug-likeness (QED) is 0.110. The second-order valence-electron chi connectivity index (χ2n) is 23.3. The van der Waals surface area contributed by atoms with E-state index in [0.29, 0.717) is 75.7 Å². The van der Waals surface area contributed by atoms with Gasteiger partial charge < -0.3 is 48.6 Å². The summed E-state index contributed by atoms with van der Waals surface area (Å²) < 4.78 is 36.0. The molecule has 0 unspecified atom stereocenters. The molecule has 434 valence electrons. The minimum atomic E-state index is -2.45. The van der Waals surface area contributed by atoms with Crippen LogP contribution < -0.4 is 0 Å². The lowest BCUT2D eigenvalue weighted by molar-refractivity contribution is -0.265. The van der Waals surface area contributed by atoms with E-state index in [2.05, 4.69) is 4.90 Å². The van der Waals surface area contributed by atoms with Crippen molar-refractivity contribution in [3.63, 3.8) is 0 Å². The average molecular weight is 1080 g/mol. The Labute approximate surface area is 458 Å². The highest BCUT2D eigenvalue weighted by molar-refractivity contribution is 6.39.